The van der Waals surface area contributed by atoms with E-state index >= 15 is 0 Å². The van der Waals surface area contributed by atoms with E-state index in [-0.39, 0.29) is 0 Å². The van der Waals surface area contributed by atoms with Crippen LogP contribution in [0.25, 0.3) is 11.3 Å². The molecule has 0 radical (unpaired) electrons. The molecule has 0 unspecified atom stereocenters. The molecule has 0 aliphatic carbocycles. The minimum atomic E-state index is -1.62. The van der Waals surface area contributed by atoms with Gasteiger partial charge in [-0.15, -0.1) is 11.8 Å². The molecule has 2 aromatic rings. The summed E-state index contributed by atoms with van der Waals surface area (Å²) >= 11 is 1.54. The SMILES string of the molecule is FC(F)=CCCSc1cccc(-c2ccon2)c1. The highest BCUT2D eigenvalue weighted by atomic mass is 32.2. The third kappa shape index (κ3) is 3.70. The Morgan fingerprint density at radius 1 is 1.33 bits per heavy atom. The summed E-state index contributed by atoms with van der Waals surface area (Å²) in [6, 6.07) is 9.55. The standard InChI is InChI=1S/C13H11F2NOS/c14-13(15)5-2-8-18-11-4-1-3-10(9-11)12-6-7-17-16-12/h1,3-7,9H,2,8H2. The van der Waals surface area contributed by atoms with Crippen LogP contribution in [0, 0.1) is 0 Å². The summed E-state index contributed by atoms with van der Waals surface area (Å²) in [4.78, 5) is 1.03. The highest BCUT2D eigenvalue weighted by molar-refractivity contribution is 7.99. The van der Waals surface area contributed by atoms with Crippen LogP contribution in [0.2, 0.25) is 0 Å². The predicted octanol–water partition coefficient (Wildman–Crippen LogP) is 4.60. The lowest BCUT2D eigenvalue weighted by Crippen LogP contribution is -1.81. The highest BCUT2D eigenvalue weighted by Gasteiger charge is 2.02. The van der Waals surface area contributed by atoms with Crippen molar-refractivity contribution in [3.63, 3.8) is 0 Å². The van der Waals surface area contributed by atoms with Gasteiger partial charge in [0.25, 0.3) is 6.08 Å². The zero-order chi connectivity index (χ0) is 12.8. The summed E-state index contributed by atoms with van der Waals surface area (Å²) in [5, 5.41) is 3.85. The van der Waals surface area contributed by atoms with Crippen LogP contribution in [0.15, 0.2) is 58.2 Å². The van der Waals surface area contributed by atoms with Gasteiger partial charge in [-0.1, -0.05) is 17.3 Å². The largest absolute Gasteiger partial charge is 0.364 e. The fraction of sp³-hybridized carbons (Fsp3) is 0.154. The maximum atomic E-state index is 11.8. The fourth-order valence-electron chi connectivity index (χ4n) is 1.45. The molecule has 1 aromatic carbocycles. The zero-order valence-electron chi connectivity index (χ0n) is 9.48. The molecule has 1 heterocycles. The maximum absolute atomic E-state index is 11.8. The summed E-state index contributed by atoms with van der Waals surface area (Å²) in [5.74, 6) is 0.625. The lowest BCUT2D eigenvalue weighted by atomic mass is 10.2. The molecule has 0 saturated carbocycles. The van der Waals surface area contributed by atoms with Gasteiger partial charge in [-0.05, 0) is 24.6 Å². The fourth-order valence-corrected chi connectivity index (χ4v) is 2.31. The van der Waals surface area contributed by atoms with Gasteiger partial charge in [-0.2, -0.15) is 8.78 Å². The van der Waals surface area contributed by atoms with Gasteiger partial charge in [0.2, 0.25) is 0 Å². The second-order valence-corrected chi connectivity index (χ2v) is 4.71. The summed E-state index contributed by atoms with van der Waals surface area (Å²) in [5.41, 5.74) is 1.73. The normalized spacial score (nSPS) is 10.3. The molecule has 2 rings (SSSR count). The number of hydrogen-bond donors (Lipinski definition) is 0. The minimum absolute atomic E-state index is 0.362. The van der Waals surface area contributed by atoms with Crippen LogP contribution >= 0.6 is 11.8 Å². The molecule has 0 atom stereocenters. The van der Waals surface area contributed by atoms with Crippen molar-refractivity contribution in [1.29, 1.82) is 0 Å². The van der Waals surface area contributed by atoms with Crippen molar-refractivity contribution in [2.24, 2.45) is 0 Å². The number of rotatable bonds is 5. The third-order valence-corrected chi connectivity index (χ3v) is 3.28. The molecule has 0 aliphatic rings. The Kier molecular flexibility index (Phi) is 4.52. The molecule has 0 fully saturated rings. The lowest BCUT2D eigenvalue weighted by Gasteiger charge is -2.01. The molecule has 0 saturated heterocycles. The topological polar surface area (TPSA) is 26.0 Å². The van der Waals surface area contributed by atoms with Crippen LogP contribution in [-0.2, 0) is 0 Å². The van der Waals surface area contributed by atoms with Crippen LogP contribution in [0.3, 0.4) is 0 Å². The number of thioether (sulfide) groups is 1. The molecule has 0 N–H and O–H groups in total. The van der Waals surface area contributed by atoms with E-state index in [1.165, 1.54) is 18.0 Å². The highest BCUT2D eigenvalue weighted by Crippen LogP contribution is 2.25. The second kappa shape index (κ2) is 6.35. The smallest absolute Gasteiger partial charge is 0.266 e. The first-order chi connectivity index (χ1) is 8.75. The Morgan fingerprint density at radius 2 is 2.22 bits per heavy atom. The van der Waals surface area contributed by atoms with Crippen molar-refractivity contribution >= 4 is 11.8 Å². The van der Waals surface area contributed by atoms with Crippen molar-refractivity contribution in [2.75, 3.05) is 5.75 Å². The Balaban J connectivity index is 1.98. The Morgan fingerprint density at radius 3 is 2.94 bits per heavy atom. The summed E-state index contributed by atoms with van der Waals surface area (Å²) in [7, 11) is 0. The monoisotopic (exact) mass is 267 g/mol. The number of allylic oxidation sites excluding steroid dienone is 1. The molecular formula is C13H11F2NOS. The van der Waals surface area contributed by atoms with E-state index in [0.29, 0.717) is 12.2 Å². The van der Waals surface area contributed by atoms with Gasteiger partial charge in [0, 0.05) is 22.3 Å². The zero-order valence-corrected chi connectivity index (χ0v) is 10.3. The van der Waals surface area contributed by atoms with Gasteiger partial charge < -0.3 is 4.52 Å². The van der Waals surface area contributed by atoms with E-state index in [1.807, 2.05) is 24.3 Å². The molecule has 94 valence electrons. The molecular weight excluding hydrogens is 256 g/mol. The van der Waals surface area contributed by atoms with Crippen LogP contribution in [0.1, 0.15) is 6.42 Å². The first-order valence-electron chi connectivity index (χ1n) is 5.40. The van der Waals surface area contributed by atoms with E-state index in [9.17, 15) is 8.78 Å². The average molecular weight is 267 g/mol. The van der Waals surface area contributed by atoms with Gasteiger partial charge in [0.1, 0.15) is 12.0 Å². The molecule has 0 aliphatic heterocycles. The lowest BCUT2D eigenvalue weighted by molar-refractivity contribution is 0.418. The van der Waals surface area contributed by atoms with Crippen molar-refractivity contribution in [1.82, 2.24) is 5.16 Å². The quantitative estimate of drug-likeness (QED) is 0.584. The van der Waals surface area contributed by atoms with E-state index in [2.05, 4.69) is 5.16 Å². The average Bonchev–Trinajstić information content (AvgIpc) is 2.89. The summed E-state index contributed by atoms with van der Waals surface area (Å²) < 4.78 is 28.5. The predicted molar refractivity (Wildman–Crippen MR) is 67.6 cm³/mol. The molecule has 2 nitrogen and oxygen atoms in total. The van der Waals surface area contributed by atoms with Crippen molar-refractivity contribution < 1.29 is 13.3 Å². The van der Waals surface area contributed by atoms with E-state index < -0.39 is 6.08 Å². The van der Waals surface area contributed by atoms with Crippen molar-refractivity contribution in [3.05, 3.63) is 48.8 Å². The van der Waals surface area contributed by atoms with Crippen molar-refractivity contribution in [3.8, 4) is 11.3 Å². The van der Waals surface area contributed by atoms with Crippen LogP contribution in [0.5, 0.6) is 0 Å². The molecule has 0 bridgehead atoms. The molecule has 1 aromatic heterocycles. The number of aromatic nitrogens is 1. The van der Waals surface area contributed by atoms with Gasteiger partial charge in [0.15, 0.2) is 0 Å². The molecule has 0 spiro atoms. The van der Waals surface area contributed by atoms with Gasteiger partial charge in [-0.3, -0.25) is 0 Å². The molecule has 0 amide bonds. The minimum Gasteiger partial charge on any atom is -0.364 e. The van der Waals surface area contributed by atoms with E-state index in [4.69, 9.17) is 4.52 Å². The molecule has 18 heavy (non-hydrogen) atoms. The Bertz CT molecular complexity index is 522. The van der Waals surface area contributed by atoms with Crippen LogP contribution < -0.4 is 0 Å². The van der Waals surface area contributed by atoms with Gasteiger partial charge in [0.05, 0.1) is 0 Å². The summed E-state index contributed by atoms with van der Waals surface area (Å²) in [6.07, 6.45) is 1.20. The first-order valence-corrected chi connectivity index (χ1v) is 6.39. The number of halogens is 2. The van der Waals surface area contributed by atoms with Gasteiger partial charge in [-0.25, -0.2) is 0 Å². The van der Waals surface area contributed by atoms with E-state index in [1.54, 1.807) is 6.07 Å². The Hall–Kier alpha value is -1.62. The van der Waals surface area contributed by atoms with Crippen molar-refractivity contribution in [2.45, 2.75) is 11.3 Å². The van der Waals surface area contributed by atoms with Gasteiger partial charge >= 0.3 is 0 Å². The second-order valence-electron chi connectivity index (χ2n) is 3.54. The van der Waals surface area contributed by atoms with E-state index in [0.717, 1.165) is 22.2 Å². The van der Waals surface area contributed by atoms with Crippen LogP contribution in [0.4, 0.5) is 8.78 Å². The first kappa shape index (κ1) is 12.8. The number of benzene rings is 1. The Labute approximate surface area is 108 Å². The third-order valence-electron chi connectivity index (χ3n) is 2.25. The number of nitrogens with zero attached hydrogens (tertiary/aromatic N) is 1. The molecule has 5 heteroatoms. The van der Waals surface area contributed by atoms with Crippen LogP contribution in [-0.4, -0.2) is 10.9 Å². The number of hydrogen-bond acceptors (Lipinski definition) is 3. The summed E-state index contributed by atoms with van der Waals surface area (Å²) in [6.45, 7) is 0. The maximum Gasteiger partial charge on any atom is 0.266 e.